The van der Waals surface area contributed by atoms with Crippen LogP contribution in [0.3, 0.4) is 0 Å². The molecule has 0 saturated heterocycles. The molecule has 0 aliphatic carbocycles. The van der Waals surface area contributed by atoms with Crippen LogP contribution in [0.1, 0.15) is 16.7 Å². The van der Waals surface area contributed by atoms with Crippen LogP contribution in [0.2, 0.25) is 5.02 Å². The summed E-state index contributed by atoms with van der Waals surface area (Å²) in [6.07, 6.45) is 0. The molecule has 0 unspecified atom stereocenters. The van der Waals surface area contributed by atoms with E-state index in [4.69, 9.17) is 26.1 Å². The minimum atomic E-state index is -0.413. The van der Waals surface area contributed by atoms with Crippen LogP contribution >= 0.6 is 38.9 Å². The maximum absolute atomic E-state index is 14.3. The summed E-state index contributed by atoms with van der Waals surface area (Å²) >= 11 is 11.5. The number of nitrogens with zero attached hydrogens (tertiary/aromatic N) is 1. The number of methoxy groups -OCH3 is 1. The number of anilines is 1. The van der Waals surface area contributed by atoms with Gasteiger partial charge in [-0.25, -0.2) is 9.37 Å². The molecule has 8 heteroatoms. The number of fused-ring (bicyclic) bond motifs is 1. The topological polar surface area (TPSA) is 43.4 Å². The van der Waals surface area contributed by atoms with Crippen LogP contribution in [0.5, 0.6) is 11.5 Å². The van der Waals surface area contributed by atoms with E-state index in [1.165, 1.54) is 16.3 Å². The first-order valence-electron chi connectivity index (χ1n) is 11.6. The van der Waals surface area contributed by atoms with Gasteiger partial charge in [0.15, 0.2) is 11.5 Å². The summed E-state index contributed by atoms with van der Waals surface area (Å²) in [6, 6.07) is 22.8. The summed E-state index contributed by atoms with van der Waals surface area (Å²) in [5.74, 6) is 0.656. The maximum Gasteiger partial charge on any atom is 0.167 e. The molecule has 1 N–H and O–H groups in total. The molecule has 0 fully saturated rings. The SMILES string of the molecule is COc1ccc(Br)c(CNc2ccc(-c3nc4ccc(C)cc4s3)cc2)c1OCc1c(F)cccc1Cl. The summed E-state index contributed by atoms with van der Waals surface area (Å²) in [7, 11) is 1.57. The molecule has 0 atom stereocenters. The zero-order valence-corrected chi connectivity index (χ0v) is 23.3. The van der Waals surface area contributed by atoms with Crippen LogP contribution in [0, 0.1) is 12.7 Å². The third kappa shape index (κ3) is 5.59. The lowest BCUT2D eigenvalue weighted by atomic mass is 10.1. The third-order valence-electron chi connectivity index (χ3n) is 5.95. The van der Waals surface area contributed by atoms with Crippen molar-refractivity contribution in [3.8, 4) is 22.1 Å². The summed E-state index contributed by atoms with van der Waals surface area (Å²) in [5.41, 5.74) is 5.39. The fourth-order valence-electron chi connectivity index (χ4n) is 3.96. The molecule has 1 heterocycles. The number of hydrogen-bond donors (Lipinski definition) is 1. The largest absolute Gasteiger partial charge is 0.493 e. The number of aryl methyl sites for hydroxylation is 1. The Morgan fingerprint density at radius 2 is 1.84 bits per heavy atom. The summed E-state index contributed by atoms with van der Waals surface area (Å²) in [5, 5.41) is 4.75. The zero-order chi connectivity index (χ0) is 25.9. The monoisotopic (exact) mass is 596 g/mol. The molecule has 5 rings (SSSR count). The van der Waals surface area contributed by atoms with Crippen LogP contribution in [-0.2, 0) is 13.2 Å². The molecule has 188 valence electrons. The van der Waals surface area contributed by atoms with E-state index in [0.29, 0.717) is 28.6 Å². The molecule has 0 bridgehead atoms. The number of benzene rings is 4. The van der Waals surface area contributed by atoms with Gasteiger partial charge in [0.05, 0.1) is 22.3 Å². The fourth-order valence-corrected chi connectivity index (χ4v) is 5.70. The second-order valence-corrected chi connectivity index (χ2v) is 10.8. The Bertz CT molecular complexity index is 1550. The molecular formula is C29H23BrClFN2O2S. The number of thiazole rings is 1. The maximum atomic E-state index is 14.3. The lowest BCUT2D eigenvalue weighted by Crippen LogP contribution is -2.07. The van der Waals surface area contributed by atoms with Gasteiger partial charge in [0, 0.05) is 33.4 Å². The van der Waals surface area contributed by atoms with Crippen molar-refractivity contribution in [1.82, 2.24) is 4.98 Å². The Labute approximate surface area is 232 Å². The molecule has 0 saturated carbocycles. The highest BCUT2D eigenvalue weighted by Gasteiger charge is 2.17. The van der Waals surface area contributed by atoms with Gasteiger partial charge in [-0.2, -0.15) is 0 Å². The van der Waals surface area contributed by atoms with Crippen molar-refractivity contribution in [3.05, 3.63) is 105 Å². The van der Waals surface area contributed by atoms with Crippen molar-refractivity contribution in [2.24, 2.45) is 0 Å². The molecule has 37 heavy (non-hydrogen) atoms. The van der Waals surface area contributed by atoms with Gasteiger partial charge in [0.2, 0.25) is 0 Å². The molecule has 5 aromatic rings. The van der Waals surface area contributed by atoms with Gasteiger partial charge < -0.3 is 14.8 Å². The van der Waals surface area contributed by atoms with Gasteiger partial charge in [-0.1, -0.05) is 39.7 Å². The number of halogens is 3. The van der Waals surface area contributed by atoms with E-state index >= 15 is 0 Å². The van der Waals surface area contributed by atoms with Crippen LogP contribution < -0.4 is 14.8 Å². The Morgan fingerprint density at radius 1 is 1.03 bits per heavy atom. The molecule has 4 nitrogen and oxygen atoms in total. The number of ether oxygens (including phenoxy) is 2. The van der Waals surface area contributed by atoms with Gasteiger partial charge in [-0.15, -0.1) is 11.3 Å². The van der Waals surface area contributed by atoms with E-state index in [-0.39, 0.29) is 6.61 Å². The van der Waals surface area contributed by atoms with E-state index in [1.54, 1.807) is 36.6 Å². The highest BCUT2D eigenvalue weighted by molar-refractivity contribution is 9.10. The molecule has 0 aliphatic rings. The van der Waals surface area contributed by atoms with Gasteiger partial charge in [0.25, 0.3) is 0 Å². The quantitative estimate of drug-likeness (QED) is 0.194. The number of aromatic nitrogens is 1. The lowest BCUT2D eigenvalue weighted by Gasteiger charge is -2.18. The highest BCUT2D eigenvalue weighted by Crippen LogP contribution is 2.38. The predicted molar refractivity (Wildman–Crippen MR) is 154 cm³/mol. The number of rotatable bonds is 8. The zero-order valence-electron chi connectivity index (χ0n) is 20.1. The molecule has 1 aromatic heterocycles. The van der Waals surface area contributed by atoms with E-state index in [0.717, 1.165) is 31.8 Å². The van der Waals surface area contributed by atoms with Crippen LogP contribution in [0.4, 0.5) is 10.1 Å². The summed E-state index contributed by atoms with van der Waals surface area (Å²) < 4.78 is 27.9. The summed E-state index contributed by atoms with van der Waals surface area (Å²) in [6.45, 7) is 2.52. The van der Waals surface area contributed by atoms with Crippen molar-refractivity contribution in [3.63, 3.8) is 0 Å². The van der Waals surface area contributed by atoms with Gasteiger partial charge in [0.1, 0.15) is 17.4 Å². The fraction of sp³-hybridized carbons (Fsp3) is 0.138. The summed E-state index contributed by atoms with van der Waals surface area (Å²) in [4.78, 5) is 4.77. The van der Waals surface area contributed by atoms with Crippen molar-refractivity contribution >= 4 is 54.8 Å². The molecule has 4 aromatic carbocycles. The Hall–Kier alpha value is -3.13. The van der Waals surface area contributed by atoms with E-state index in [2.05, 4.69) is 58.5 Å². The molecule has 0 spiro atoms. The highest BCUT2D eigenvalue weighted by atomic mass is 79.9. The first kappa shape index (κ1) is 25.5. The van der Waals surface area contributed by atoms with Crippen LogP contribution in [0.15, 0.2) is 77.3 Å². The van der Waals surface area contributed by atoms with Gasteiger partial charge in [-0.3, -0.25) is 0 Å². The smallest absolute Gasteiger partial charge is 0.167 e. The van der Waals surface area contributed by atoms with Crippen molar-refractivity contribution < 1.29 is 13.9 Å². The van der Waals surface area contributed by atoms with Crippen LogP contribution in [-0.4, -0.2) is 12.1 Å². The number of hydrogen-bond acceptors (Lipinski definition) is 5. The van der Waals surface area contributed by atoms with Crippen molar-refractivity contribution in [2.45, 2.75) is 20.1 Å². The Balaban J connectivity index is 1.34. The minimum Gasteiger partial charge on any atom is -0.493 e. The average Bonchev–Trinajstić information content (AvgIpc) is 3.31. The second kappa shape index (κ2) is 11.1. The lowest BCUT2D eigenvalue weighted by molar-refractivity contribution is 0.277. The number of nitrogens with one attached hydrogen (secondary N) is 1. The molecular weight excluding hydrogens is 575 g/mol. The average molecular weight is 598 g/mol. The first-order valence-corrected chi connectivity index (χ1v) is 13.5. The van der Waals surface area contributed by atoms with E-state index in [1.807, 2.05) is 18.2 Å². The Morgan fingerprint density at radius 3 is 2.59 bits per heavy atom. The minimum absolute atomic E-state index is 0.0261. The molecule has 0 aliphatic heterocycles. The predicted octanol–water partition coefficient (Wildman–Crippen LogP) is 9.03. The second-order valence-electron chi connectivity index (χ2n) is 8.47. The molecule has 0 radical (unpaired) electrons. The third-order valence-corrected chi connectivity index (χ3v) is 8.12. The van der Waals surface area contributed by atoms with E-state index in [9.17, 15) is 4.39 Å². The van der Waals surface area contributed by atoms with Gasteiger partial charge >= 0.3 is 0 Å². The van der Waals surface area contributed by atoms with E-state index < -0.39 is 5.82 Å². The van der Waals surface area contributed by atoms with Gasteiger partial charge in [-0.05, 0) is 73.2 Å². The Kier molecular flexibility index (Phi) is 7.65. The molecule has 0 amide bonds. The first-order chi connectivity index (χ1) is 17.9. The van der Waals surface area contributed by atoms with Crippen LogP contribution in [0.25, 0.3) is 20.8 Å². The standard InChI is InChI=1S/C29H23BrClFN2O2S/c1-17-6-12-25-27(14-17)37-29(34-25)18-7-9-19(10-8-18)33-15-20-22(30)11-13-26(35-2)28(20)36-16-21-23(31)4-3-5-24(21)32/h3-14,33H,15-16H2,1-2H3. The van der Waals surface area contributed by atoms with Crippen molar-refractivity contribution in [1.29, 1.82) is 0 Å². The normalized spacial score (nSPS) is 11.1. The van der Waals surface area contributed by atoms with Crippen molar-refractivity contribution in [2.75, 3.05) is 12.4 Å².